The van der Waals surface area contributed by atoms with Crippen molar-refractivity contribution in [2.75, 3.05) is 0 Å². The van der Waals surface area contributed by atoms with E-state index >= 15 is 0 Å². The number of fused-ring (bicyclic) bond motifs is 1. The highest BCUT2D eigenvalue weighted by atomic mass is 33.1. The van der Waals surface area contributed by atoms with Gasteiger partial charge >= 0.3 is 0 Å². The van der Waals surface area contributed by atoms with E-state index in [1.165, 1.54) is 10.9 Å². The molecule has 0 fully saturated rings. The Morgan fingerprint density at radius 1 is 1.50 bits per heavy atom. The molecule has 0 bridgehead atoms. The molecule has 0 radical (unpaired) electrons. The maximum absolute atomic E-state index is 4.35. The quantitative estimate of drug-likeness (QED) is 0.623. The molecule has 4 heteroatoms. The molecule has 2 aromatic rings. The first kappa shape index (κ1) is 9.93. The fourth-order valence-electron chi connectivity index (χ4n) is 1.60. The van der Waals surface area contributed by atoms with Crippen LogP contribution in [0.5, 0.6) is 0 Å². The Hall–Kier alpha value is -0.610. The average Bonchev–Trinajstić information content (AvgIpc) is 2.59. The number of nitrogens with zero attached hydrogens (tertiary/aromatic N) is 2. The van der Waals surface area contributed by atoms with Crippen LogP contribution in [0.3, 0.4) is 0 Å². The minimum atomic E-state index is 0.395. The molecule has 2 heterocycles. The molecule has 2 aromatic heterocycles. The summed E-state index contributed by atoms with van der Waals surface area (Å²) in [7, 11) is 3.57. The molecule has 0 N–H and O–H groups in total. The summed E-state index contributed by atoms with van der Waals surface area (Å²) in [5, 5.41) is 1.62. The van der Waals surface area contributed by atoms with Gasteiger partial charge in [-0.25, -0.2) is 4.98 Å². The van der Waals surface area contributed by atoms with Crippen molar-refractivity contribution >= 4 is 33.5 Å². The Bertz CT molecular complexity index is 450. The topological polar surface area (TPSA) is 17.8 Å². The Morgan fingerprint density at radius 3 is 3.00 bits per heavy atom. The van der Waals surface area contributed by atoms with Crippen molar-refractivity contribution in [1.29, 1.82) is 0 Å². The maximum Gasteiger partial charge on any atom is 0.139 e. The van der Waals surface area contributed by atoms with Gasteiger partial charge in [-0.15, -0.1) is 11.7 Å². The van der Waals surface area contributed by atoms with Gasteiger partial charge in [-0.3, -0.25) is 0 Å². The van der Waals surface area contributed by atoms with E-state index in [4.69, 9.17) is 0 Å². The van der Waals surface area contributed by atoms with E-state index in [-0.39, 0.29) is 0 Å². The second kappa shape index (κ2) is 3.87. The van der Waals surface area contributed by atoms with E-state index in [0.717, 1.165) is 5.65 Å². The van der Waals surface area contributed by atoms with Gasteiger partial charge in [-0.2, -0.15) is 0 Å². The lowest BCUT2D eigenvalue weighted by Crippen LogP contribution is -1.91. The van der Waals surface area contributed by atoms with Gasteiger partial charge < -0.3 is 4.57 Å². The molecule has 1 unspecified atom stereocenters. The number of rotatable bonds is 2. The van der Waals surface area contributed by atoms with Crippen LogP contribution in [-0.4, -0.2) is 9.55 Å². The van der Waals surface area contributed by atoms with E-state index in [1.807, 2.05) is 24.0 Å². The summed E-state index contributed by atoms with van der Waals surface area (Å²) >= 11 is 4.25. The number of hydrogen-bond acceptors (Lipinski definition) is 3. The van der Waals surface area contributed by atoms with Crippen molar-refractivity contribution in [1.82, 2.24) is 9.55 Å². The van der Waals surface area contributed by atoms with Crippen LogP contribution < -0.4 is 0 Å². The van der Waals surface area contributed by atoms with Gasteiger partial charge in [0, 0.05) is 30.1 Å². The first-order chi connectivity index (χ1) is 6.74. The average molecular weight is 224 g/mol. The van der Waals surface area contributed by atoms with Crippen LogP contribution in [-0.2, 0) is 7.05 Å². The van der Waals surface area contributed by atoms with Gasteiger partial charge in [-0.05, 0) is 24.6 Å². The van der Waals surface area contributed by atoms with Crippen LogP contribution in [0, 0.1) is 0 Å². The standard InChI is InChI=1S/C10H12N2S2/c1-7(14-13)8-3-5-11-10-9(8)4-6-12(10)2/h3-7,13H,1-2H3. The molecule has 0 aliphatic heterocycles. The van der Waals surface area contributed by atoms with Crippen LogP contribution in [0.25, 0.3) is 11.0 Å². The molecular weight excluding hydrogens is 212 g/mol. The third-order valence-electron chi connectivity index (χ3n) is 2.40. The minimum Gasteiger partial charge on any atom is -0.336 e. The zero-order chi connectivity index (χ0) is 10.1. The van der Waals surface area contributed by atoms with Crippen molar-refractivity contribution in [3.63, 3.8) is 0 Å². The van der Waals surface area contributed by atoms with Crippen LogP contribution in [0.15, 0.2) is 24.5 Å². The Morgan fingerprint density at radius 2 is 2.29 bits per heavy atom. The van der Waals surface area contributed by atoms with Crippen molar-refractivity contribution in [2.45, 2.75) is 12.2 Å². The van der Waals surface area contributed by atoms with Gasteiger partial charge in [0.15, 0.2) is 0 Å². The van der Waals surface area contributed by atoms with Gasteiger partial charge in [0.25, 0.3) is 0 Å². The van der Waals surface area contributed by atoms with Crippen molar-refractivity contribution in [3.8, 4) is 0 Å². The number of pyridine rings is 1. The number of aryl methyl sites for hydroxylation is 1. The molecule has 0 saturated heterocycles. The lowest BCUT2D eigenvalue weighted by molar-refractivity contribution is 0.947. The lowest BCUT2D eigenvalue weighted by Gasteiger charge is -2.08. The zero-order valence-electron chi connectivity index (χ0n) is 8.14. The lowest BCUT2D eigenvalue weighted by atomic mass is 10.1. The van der Waals surface area contributed by atoms with E-state index in [9.17, 15) is 0 Å². The minimum absolute atomic E-state index is 0.395. The predicted octanol–water partition coefficient (Wildman–Crippen LogP) is 3.21. The van der Waals surface area contributed by atoms with Crippen LogP contribution in [0.2, 0.25) is 0 Å². The summed E-state index contributed by atoms with van der Waals surface area (Å²) in [4.78, 5) is 4.35. The molecule has 0 aliphatic rings. The molecule has 0 spiro atoms. The van der Waals surface area contributed by atoms with Gasteiger partial charge in [0.1, 0.15) is 5.65 Å². The predicted molar refractivity (Wildman–Crippen MR) is 65.7 cm³/mol. The van der Waals surface area contributed by atoms with Crippen LogP contribution in [0.4, 0.5) is 0 Å². The summed E-state index contributed by atoms with van der Waals surface area (Å²) in [6.45, 7) is 2.15. The second-order valence-corrected chi connectivity index (χ2v) is 4.86. The third-order valence-corrected chi connectivity index (χ3v) is 3.92. The fourth-order valence-corrected chi connectivity index (χ4v) is 2.26. The summed E-state index contributed by atoms with van der Waals surface area (Å²) in [5.74, 6) is 0. The molecule has 1 atom stereocenters. The molecule has 74 valence electrons. The molecule has 0 amide bonds. The smallest absolute Gasteiger partial charge is 0.139 e. The van der Waals surface area contributed by atoms with E-state index in [2.05, 4.69) is 35.7 Å². The fraction of sp³-hybridized carbons (Fsp3) is 0.300. The van der Waals surface area contributed by atoms with Gasteiger partial charge in [-0.1, -0.05) is 10.8 Å². The molecule has 2 nitrogen and oxygen atoms in total. The Labute approximate surface area is 92.5 Å². The van der Waals surface area contributed by atoms with Gasteiger partial charge in [0.2, 0.25) is 0 Å². The second-order valence-electron chi connectivity index (χ2n) is 3.31. The molecule has 0 saturated carbocycles. The zero-order valence-corrected chi connectivity index (χ0v) is 9.85. The monoisotopic (exact) mass is 224 g/mol. The number of aromatic nitrogens is 2. The molecule has 0 aliphatic carbocycles. The largest absolute Gasteiger partial charge is 0.336 e. The first-order valence-corrected chi connectivity index (χ1v) is 6.37. The van der Waals surface area contributed by atoms with E-state index < -0.39 is 0 Å². The highest BCUT2D eigenvalue weighted by Crippen LogP contribution is 2.34. The van der Waals surface area contributed by atoms with Crippen molar-refractivity contribution < 1.29 is 0 Å². The van der Waals surface area contributed by atoms with Crippen LogP contribution >= 0.6 is 22.5 Å². The maximum atomic E-state index is 4.35. The van der Waals surface area contributed by atoms with Crippen LogP contribution in [0.1, 0.15) is 17.7 Å². The summed E-state index contributed by atoms with van der Waals surface area (Å²) < 4.78 is 2.04. The number of hydrogen-bond donors (Lipinski definition) is 1. The first-order valence-electron chi connectivity index (χ1n) is 4.44. The summed E-state index contributed by atoms with van der Waals surface area (Å²) in [6, 6.07) is 4.17. The van der Waals surface area contributed by atoms with Crippen molar-refractivity contribution in [3.05, 3.63) is 30.1 Å². The molecule has 0 aromatic carbocycles. The molecule has 14 heavy (non-hydrogen) atoms. The van der Waals surface area contributed by atoms with Crippen molar-refractivity contribution in [2.24, 2.45) is 7.05 Å². The van der Waals surface area contributed by atoms with E-state index in [1.54, 1.807) is 10.8 Å². The molecular formula is C10H12N2S2. The van der Waals surface area contributed by atoms with E-state index in [0.29, 0.717) is 5.25 Å². The SMILES string of the molecule is CC(SS)c1ccnc2c1ccn2C. The highest BCUT2D eigenvalue weighted by Gasteiger charge is 2.10. The number of thiol groups is 1. The third kappa shape index (κ3) is 1.53. The molecule has 2 rings (SSSR count). The van der Waals surface area contributed by atoms with Gasteiger partial charge in [0.05, 0.1) is 0 Å². The highest BCUT2D eigenvalue weighted by molar-refractivity contribution is 8.68. The normalized spacial score (nSPS) is 13.4. The Balaban J connectivity index is 2.65. The summed E-state index contributed by atoms with van der Waals surface area (Å²) in [5.41, 5.74) is 2.34. The summed E-state index contributed by atoms with van der Waals surface area (Å²) in [6.07, 6.45) is 3.90. The Kier molecular flexibility index (Phi) is 2.74.